The molecular weight excluding hydrogens is 216 g/mol. The summed E-state index contributed by atoms with van der Waals surface area (Å²) in [5, 5.41) is 0. The highest BCUT2D eigenvalue weighted by atomic mass is 14.5. The summed E-state index contributed by atoms with van der Waals surface area (Å²) in [4.78, 5) is 0. The predicted octanol–water partition coefficient (Wildman–Crippen LogP) is 5.53. The van der Waals surface area contributed by atoms with Crippen LogP contribution in [0.1, 0.15) is 57.2 Å². The lowest BCUT2D eigenvalue weighted by molar-refractivity contribution is 0.449. The van der Waals surface area contributed by atoms with Crippen molar-refractivity contribution >= 4 is 6.08 Å². The van der Waals surface area contributed by atoms with Gasteiger partial charge in [-0.1, -0.05) is 57.5 Å². The van der Waals surface area contributed by atoms with E-state index in [9.17, 15) is 0 Å². The van der Waals surface area contributed by atoms with Crippen LogP contribution in [0.2, 0.25) is 0 Å². The fraction of sp³-hybridized carbons (Fsp3) is 0.556. The fourth-order valence-electron chi connectivity index (χ4n) is 3.40. The standard InChI is InChI=1S/C18H26/c1-13-8-7-9-14(2)15(13)12-16-17(3,4)10-11-18(16,5)6/h7-9,12H,10-11H2,1-6H3. The summed E-state index contributed by atoms with van der Waals surface area (Å²) in [7, 11) is 0. The molecule has 0 aromatic heterocycles. The molecule has 18 heavy (non-hydrogen) atoms. The lowest BCUT2D eigenvalue weighted by atomic mass is 9.77. The third kappa shape index (κ3) is 2.25. The van der Waals surface area contributed by atoms with Crippen LogP contribution in [0, 0.1) is 24.7 Å². The van der Waals surface area contributed by atoms with Crippen LogP contribution in [-0.4, -0.2) is 0 Å². The molecule has 1 aromatic rings. The van der Waals surface area contributed by atoms with Crippen molar-refractivity contribution in [2.24, 2.45) is 10.8 Å². The predicted molar refractivity (Wildman–Crippen MR) is 80.7 cm³/mol. The molecule has 0 unspecified atom stereocenters. The summed E-state index contributed by atoms with van der Waals surface area (Å²) < 4.78 is 0. The van der Waals surface area contributed by atoms with E-state index in [2.05, 4.69) is 65.8 Å². The van der Waals surface area contributed by atoms with E-state index in [1.807, 2.05) is 0 Å². The first-order chi connectivity index (χ1) is 8.24. The van der Waals surface area contributed by atoms with Crippen molar-refractivity contribution in [3.8, 4) is 0 Å². The minimum absolute atomic E-state index is 0.345. The van der Waals surface area contributed by atoms with E-state index in [0.717, 1.165) is 0 Å². The van der Waals surface area contributed by atoms with E-state index in [1.165, 1.54) is 29.5 Å². The first-order valence-corrected chi connectivity index (χ1v) is 7.03. The monoisotopic (exact) mass is 242 g/mol. The van der Waals surface area contributed by atoms with Gasteiger partial charge >= 0.3 is 0 Å². The van der Waals surface area contributed by atoms with Gasteiger partial charge in [-0.2, -0.15) is 0 Å². The van der Waals surface area contributed by atoms with Crippen molar-refractivity contribution in [1.82, 2.24) is 0 Å². The van der Waals surface area contributed by atoms with Gasteiger partial charge in [0, 0.05) is 0 Å². The Kier molecular flexibility index (Phi) is 3.17. The number of hydrogen-bond acceptors (Lipinski definition) is 0. The number of aryl methyl sites for hydroxylation is 2. The largest absolute Gasteiger partial charge is 0.0617 e. The Morgan fingerprint density at radius 3 is 1.78 bits per heavy atom. The van der Waals surface area contributed by atoms with Gasteiger partial charge in [0.05, 0.1) is 0 Å². The van der Waals surface area contributed by atoms with Gasteiger partial charge in [0.25, 0.3) is 0 Å². The zero-order chi connectivity index (χ0) is 13.6. The van der Waals surface area contributed by atoms with Crippen molar-refractivity contribution in [2.45, 2.75) is 54.4 Å². The number of benzene rings is 1. The Morgan fingerprint density at radius 1 is 0.889 bits per heavy atom. The van der Waals surface area contributed by atoms with Crippen LogP contribution >= 0.6 is 0 Å². The van der Waals surface area contributed by atoms with Gasteiger partial charge < -0.3 is 0 Å². The molecule has 0 saturated heterocycles. The van der Waals surface area contributed by atoms with Gasteiger partial charge in [-0.15, -0.1) is 0 Å². The van der Waals surface area contributed by atoms with Crippen LogP contribution < -0.4 is 0 Å². The van der Waals surface area contributed by atoms with Crippen molar-refractivity contribution in [1.29, 1.82) is 0 Å². The van der Waals surface area contributed by atoms with E-state index in [0.29, 0.717) is 10.8 Å². The molecule has 0 spiro atoms. The van der Waals surface area contributed by atoms with E-state index < -0.39 is 0 Å². The molecule has 98 valence electrons. The number of allylic oxidation sites excluding steroid dienone is 1. The zero-order valence-corrected chi connectivity index (χ0v) is 12.7. The normalized spacial score (nSPS) is 21.1. The summed E-state index contributed by atoms with van der Waals surface area (Å²) in [6.07, 6.45) is 5.07. The van der Waals surface area contributed by atoms with E-state index in [4.69, 9.17) is 0 Å². The van der Waals surface area contributed by atoms with Crippen molar-refractivity contribution in [3.63, 3.8) is 0 Å². The first-order valence-electron chi connectivity index (χ1n) is 7.03. The van der Waals surface area contributed by atoms with Crippen molar-refractivity contribution < 1.29 is 0 Å². The van der Waals surface area contributed by atoms with Crippen molar-refractivity contribution in [3.05, 3.63) is 40.5 Å². The molecule has 1 fully saturated rings. The maximum absolute atomic E-state index is 2.47. The molecule has 1 aliphatic rings. The molecule has 0 radical (unpaired) electrons. The average molecular weight is 242 g/mol. The highest BCUT2D eigenvalue weighted by Gasteiger charge is 2.41. The average Bonchev–Trinajstić information content (AvgIpc) is 2.45. The summed E-state index contributed by atoms with van der Waals surface area (Å²) in [5.41, 5.74) is 6.51. The van der Waals surface area contributed by atoms with Gasteiger partial charge in [0.1, 0.15) is 0 Å². The van der Waals surface area contributed by atoms with Crippen LogP contribution in [0.4, 0.5) is 0 Å². The zero-order valence-electron chi connectivity index (χ0n) is 12.7. The molecular formula is C18H26. The number of hydrogen-bond donors (Lipinski definition) is 0. The molecule has 0 bridgehead atoms. The van der Waals surface area contributed by atoms with Crippen LogP contribution in [-0.2, 0) is 0 Å². The van der Waals surface area contributed by atoms with E-state index in [-0.39, 0.29) is 0 Å². The minimum Gasteiger partial charge on any atom is -0.0617 e. The molecule has 0 aliphatic heterocycles. The highest BCUT2D eigenvalue weighted by Crippen LogP contribution is 2.54. The Labute approximate surface area is 112 Å². The van der Waals surface area contributed by atoms with Crippen LogP contribution in [0.15, 0.2) is 23.8 Å². The van der Waals surface area contributed by atoms with Crippen LogP contribution in [0.25, 0.3) is 6.08 Å². The SMILES string of the molecule is Cc1cccc(C)c1C=C1C(C)(C)CCC1(C)C. The van der Waals surface area contributed by atoms with E-state index in [1.54, 1.807) is 5.57 Å². The Balaban J connectivity index is 2.56. The maximum atomic E-state index is 2.47. The quantitative estimate of drug-likeness (QED) is 0.607. The Hall–Kier alpha value is -1.04. The third-order valence-electron chi connectivity index (χ3n) is 4.66. The summed E-state index contributed by atoms with van der Waals surface area (Å²) in [6, 6.07) is 6.58. The highest BCUT2D eigenvalue weighted by molar-refractivity contribution is 5.62. The fourth-order valence-corrected chi connectivity index (χ4v) is 3.40. The Bertz CT molecular complexity index is 449. The first kappa shape index (κ1) is 13.4. The maximum Gasteiger partial charge on any atom is -0.0136 e. The molecule has 2 rings (SSSR count). The second kappa shape index (κ2) is 4.26. The van der Waals surface area contributed by atoms with Gasteiger partial charge in [-0.05, 0) is 54.2 Å². The van der Waals surface area contributed by atoms with Gasteiger partial charge in [-0.3, -0.25) is 0 Å². The second-order valence-electron chi connectivity index (χ2n) is 7.13. The number of rotatable bonds is 1. The van der Waals surface area contributed by atoms with Crippen LogP contribution in [0.3, 0.4) is 0 Å². The Morgan fingerprint density at radius 2 is 1.33 bits per heavy atom. The van der Waals surface area contributed by atoms with Crippen LogP contribution in [0.5, 0.6) is 0 Å². The smallest absolute Gasteiger partial charge is 0.0136 e. The third-order valence-corrected chi connectivity index (χ3v) is 4.66. The van der Waals surface area contributed by atoms with Crippen molar-refractivity contribution in [2.75, 3.05) is 0 Å². The summed E-state index contributed by atoms with van der Waals surface area (Å²) in [5.74, 6) is 0. The molecule has 1 aromatic carbocycles. The minimum atomic E-state index is 0.345. The molecule has 0 heterocycles. The molecule has 0 N–H and O–H groups in total. The molecule has 0 nitrogen and oxygen atoms in total. The molecule has 1 aliphatic carbocycles. The molecule has 1 saturated carbocycles. The lowest BCUT2D eigenvalue weighted by Gasteiger charge is -2.28. The van der Waals surface area contributed by atoms with Gasteiger partial charge in [-0.25, -0.2) is 0 Å². The molecule has 0 amide bonds. The molecule has 0 heteroatoms. The topological polar surface area (TPSA) is 0 Å². The second-order valence-corrected chi connectivity index (χ2v) is 7.13. The van der Waals surface area contributed by atoms with Gasteiger partial charge in [0.2, 0.25) is 0 Å². The van der Waals surface area contributed by atoms with E-state index >= 15 is 0 Å². The lowest BCUT2D eigenvalue weighted by Crippen LogP contribution is -2.16. The summed E-state index contributed by atoms with van der Waals surface area (Å²) >= 11 is 0. The summed E-state index contributed by atoms with van der Waals surface area (Å²) in [6.45, 7) is 14.0. The van der Waals surface area contributed by atoms with Gasteiger partial charge in [0.15, 0.2) is 0 Å². The molecule has 0 atom stereocenters.